The van der Waals surface area contributed by atoms with Crippen molar-refractivity contribution in [2.24, 2.45) is 11.7 Å². The lowest BCUT2D eigenvalue weighted by Crippen LogP contribution is -2.51. The molecule has 0 spiro atoms. The summed E-state index contributed by atoms with van der Waals surface area (Å²) in [4.78, 5) is 0. The molecule has 0 saturated heterocycles. The number of hydrogen-bond donors (Lipinski definition) is 1. The summed E-state index contributed by atoms with van der Waals surface area (Å²) in [7, 11) is 1.74. The predicted octanol–water partition coefficient (Wildman–Crippen LogP) is 3.03. The number of nitrogens with two attached hydrogens (primary N) is 1. The van der Waals surface area contributed by atoms with E-state index in [0.717, 1.165) is 12.2 Å². The van der Waals surface area contributed by atoms with Gasteiger partial charge in [-0.3, -0.25) is 0 Å². The van der Waals surface area contributed by atoms with Gasteiger partial charge in [-0.15, -0.1) is 0 Å². The first kappa shape index (κ1) is 12.0. The van der Waals surface area contributed by atoms with Crippen molar-refractivity contribution >= 4 is 0 Å². The molecule has 2 heteroatoms. The smallest absolute Gasteiger partial charge is 0.119 e. The van der Waals surface area contributed by atoms with E-state index in [1.165, 1.54) is 36.8 Å². The molecule has 3 rings (SSSR count). The zero-order valence-electron chi connectivity index (χ0n) is 11.4. The average molecular weight is 245 g/mol. The molecule has 1 aromatic rings. The molecule has 2 N–H and O–H groups in total. The predicted molar refractivity (Wildman–Crippen MR) is 74.0 cm³/mol. The third kappa shape index (κ3) is 1.66. The highest BCUT2D eigenvalue weighted by molar-refractivity contribution is 5.44. The zero-order chi connectivity index (χ0) is 12.8. The highest BCUT2D eigenvalue weighted by atomic mass is 16.5. The first-order valence-corrected chi connectivity index (χ1v) is 7.08. The molecule has 1 aromatic carbocycles. The van der Waals surface area contributed by atoms with Gasteiger partial charge >= 0.3 is 0 Å². The van der Waals surface area contributed by atoms with Gasteiger partial charge in [0.2, 0.25) is 0 Å². The molecule has 3 unspecified atom stereocenters. The number of rotatable bonds is 1. The van der Waals surface area contributed by atoms with Gasteiger partial charge in [-0.25, -0.2) is 0 Å². The van der Waals surface area contributed by atoms with Crippen LogP contribution >= 0.6 is 0 Å². The van der Waals surface area contributed by atoms with Crippen molar-refractivity contribution in [3.05, 3.63) is 29.3 Å². The molecule has 18 heavy (non-hydrogen) atoms. The van der Waals surface area contributed by atoms with Gasteiger partial charge in [0.1, 0.15) is 5.75 Å². The Morgan fingerprint density at radius 1 is 1.33 bits per heavy atom. The summed E-state index contributed by atoms with van der Waals surface area (Å²) < 4.78 is 5.36. The Hall–Kier alpha value is -1.02. The van der Waals surface area contributed by atoms with Crippen LogP contribution in [0.2, 0.25) is 0 Å². The average Bonchev–Trinajstić information content (AvgIpc) is 2.48. The lowest BCUT2D eigenvalue weighted by atomic mass is 9.63. The Labute approximate surface area is 110 Å². The van der Waals surface area contributed by atoms with Gasteiger partial charge in [0.05, 0.1) is 7.11 Å². The maximum absolute atomic E-state index is 6.57. The lowest BCUT2D eigenvalue weighted by molar-refractivity contribution is 0.254. The van der Waals surface area contributed by atoms with Gasteiger partial charge in [-0.2, -0.15) is 0 Å². The molecule has 0 aliphatic heterocycles. The molecule has 0 heterocycles. The Balaban J connectivity index is 2.11. The minimum atomic E-state index is 0.168. The summed E-state index contributed by atoms with van der Waals surface area (Å²) >= 11 is 0. The van der Waals surface area contributed by atoms with Crippen molar-refractivity contribution in [2.45, 2.75) is 50.5 Å². The number of fused-ring (bicyclic) bond motifs is 4. The molecule has 0 amide bonds. The van der Waals surface area contributed by atoms with Crippen LogP contribution < -0.4 is 10.5 Å². The van der Waals surface area contributed by atoms with Crippen molar-refractivity contribution in [2.75, 3.05) is 7.11 Å². The standard InChI is InChI=1S/C16H23NO/c1-16-8-4-3-5-11(15(16)17)9-12-10-13(18-2)6-7-14(12)16/h6-7,10-11,15H,3-5,8-9,17H2,1-2H3. The molecule has 1 fully saturated rings. The summed E-state index contributed by atoms with van der Waals surface area (Å²) in [6, 6.07) is 6.87. The summed E-state index contributed by atoms with van der Waals surface area (Å²) in [6.07, 6.45) is 6.28. The van der Waals surface area contributed by atoms with Crippen molar-refractivity contribution in [3.8, 4) is 5.75 Å². The number of ether oxygens (including phenoxy) is 1. The summed E-state index contributed by atoms with van der Waals surface area (Å²) in [6.45, 7) is 2.36. The van der Waals surface area contributed by atoms with Crippen LogP contribution in [-0.2, 0) is 11.8 Å². The van der Waals surface area contributed by atoms with Crippen LogP contribution in [0.4, 0.5) is 0 Å². The van der Waals surface area contributed by atoms with Crippen LogP contribution in [-0.4, -0.2) is 13.2 Å². The van der Waals surface area contributed by atoms with Gasteiger partial charge in [0.25, 0.3) is 0 Å². The molecular weight excluding hydrogens is 222 g/mol. The summed E-state index contributed by atoms with van der Waals surface area (Å²) in [5.41, 5.74) is 9.67. The van der Waals surface area contributed by atoms with Crippen LogP contribution in [0.15, 0.2) is 18.2 Å². The molecule has 3 atom stereocenters. The molecule has 2 bridgehead atoms. The fourth-order valence-electron chi connectivity index (χ4n) is 4.01. The lowest BCUT2D eigenvalue weighted by Gasteiger charge is -2.44. The Morgan fingerprint density at radius 2 is 2.17 bits per heavy atom. The maximum atomic E-state index is 6.57. The first-order chi connectivity index (χ1) is 8.65. The SMILES string of the molecule is COc1ccc2c(c1)CC1CCCCC2(C)C1N. The van der Waals surface area contributed by atoms with E-state index in [1.807, 2.05) is 0 Å². The molecule has 1 saturated carbocycles. The van der Waals surface area contributed by atoms with Crippen LogP contribution in [0.5, 0.6) is 5.75 Å². The molecule has 2 aliphatic carbocycles. The highest BCUT2D eigenvalue weighted by Crippen LogP contribution is 2.46. The second kappa shape index (κ2) is 4.27. The highest BCUT2D eigenvalue weighted by Gasteiger charge is 2.44. The third-order valence-corrected chi connectivity index (χ3v) is 5.17. The molecule has 0 aromatic heterocycles. The van der Waals surface area contributed by atoms with Gasteiger partial charge in [-0.1, -0.05) is 25.8 Å². The maximum Gasteiger partial charge on any atom is 0.119 e. The van der Waals surface area contributed by atoms with Gasteiger partial charge in [0, 0.05) is 11.5 Å². The van der Waals surface area contributed by atoms with Crippen molar-refractivity contribution in [1.82, 2.24) is 0 Å². The fraction of sp³-hybridized carbons (Fsp3) is 0.625. The summed E-state index contributed by atoms with van der Waals surface area (Å²) in [5.74, 6) is 1.63. The van der Waals surface area contributed by atoms with E-state index in [4.69, 9.17) is 10.5 Å². The Bertz CT molecular complexity index is 456. The van der Waals surface area contributed by atoms with Crippen LogP contribution in [0, 0.1) is 5.92 Å². The van der Waals surface area contributed by atoms with Gasteiger partial charge in [0.15, 0.2) is 0 Å². The van der Waals surface area contributed by atoms with E-state index in [2.05, 4.69) is 25.1 Å². The Kier molecular flexibility index (Phi) is 2.86. The third-order valence-electron chi connectivity index (χ3n) is 5.17. The fourth-order valence-corrected chi connectivity index (χ4v) is 4.01. The zero-order valence-corrected chi connectivity index (χ0v) is 11.4. The topological polar surface area (TPSA) is 35.2 Å². The Morgan fingerprint density at radius 3 is 2.94 bits per heavy atom. The van der Waals surface area contributed by atoms with Crippen LogP contribution in [0.25, 0.3) is 0 Å². The second-order valence-electron chi connectivity index (χ2n) is 6.18. The van der Waals surface area contributed by atoms with Gasteiger partial charge in [-0.05, 0) is 48.4 Å². The number of methoxy groups -OCH3 is 1. The molecule has 98 valence electrons. The number of hydrogen-bond acceptors (Lipinski definition) is 2. The molecule has 2 nitrogen and oxygen atoms in total. The summed E-state index contributed by atoms with van der Waals surface area (Å²) in [5, 5.41) is 0. The first-order valence-electron chi connectivity index (χ1n) is 7.08. The normalized spacial score (nSPS) is 34.6. The van der Waals surface area contributed by atoms with Crippen LogP contribution in [0.3, 0.4) is 0 Å². The number of benzene rings is 1. The largest absolute Gasteiger partial charge is 0.497 e. The minimum absolute atomic E-state index is 0.168. The van der Waals surface area contributed by atoms with Crippen molar-refractivity contribution in [3.63, 3.8) is 0 Å². The molecular formula is C16H23NO. The van der Waals surface area contributed by atoms with E-state index in [1.54, 1.807) is 7.11 Å². The van der Waals surface area contributed by atoms with E-state index in [0.29, 0.717) is 12.0 Å². The van der Waals surface area contributed by atoms with E-state index >= 15 is 0 Å². The van der Waals surface area contributed by atoms with Crippen molar-refractivity contribution in [1.29, 1.82) is 0 Å². The van der Waals surface area contributed by atoms with Crippen LogP contribution in [0.1, 0.15) is 43.7 Å². The quantitative estimate of drug-likeness (QED) is 0.825. The van der Waals surface area contributed by atoms with E-state index in [9.17, 15) is 0 Å². The second-order valence-corrected chi connectivity index (χ2v) is 6.18. The van der Waals surface area contributed by atoms with Crippen molar-refractivity contribution < 1.29 is 4.74 Å². The van der Waals surface area contributed by atoms with E-state index in [-0.39, 0.29) is 5.41 Å². The monoisotopic (exact) mass is 245 g/mol. The van der Waals surface area contributed by atoms with Gasteiger partial charge < -0.3 is 10.5 Å². The van der Waals surface area contributed by atoms with E-state index < -0.39 is 0 Å². The molecule has 0 radical (unpaired) electrons. The minimum Gasteiger partial charge on any atom is -0.497 e. The molecule has 2 aliphatic rings.